The van der Waals surface area contributed by atoms with Crippen LogP contribution >= 0.6 is 27.3 Å². The third kappa shape index (κ3) is 2.48. The van der Waals surface area contributed by atoms with E-state index in [1.165, 1.54) is 19.7 Å². The second kappa shape index (κ2) is 4.31. The molecule has 0 radical (unpaired) electrons. The Balaban J connectivity index is 2.69. The van der Waals surface area contributed by atoms with E-state index in [0.717, 1.165) is 5.52 Å². The van der Waals surface area contributed by atoms with E-state index in [1.807, 2.05) is 0 Å². The number of aromatic nitrogens is 1. The molecule has 0 aliphatic rings. The molecule has 0 atom stereocenters. The summed E-state index contributed by atoms with van der Waals surface area (Å²) in [6.07, 6.45) is 0. The molecule has 2 aromatic rings. The maximum absolute atomic E-state index is 4.76. The Labute approximate surface area is 122 Å². The minimum atomic E-state index is 0.116. The molecular weight excluding hydrogens is 306 g/mol. The van der Waals surface area contributed by atoms with Crippen LogP contribution in [0.4, 0.5) is 0 Å². The molecular formula is C15H20BrNS. The van der Waals surface area contributed by atoms with Gasteiger partial charge in [-0.2, -0.15) is 0 Å². The summed E-state index contributed by atoms with van der Waals surface area (Å²) >= 11 is 5.57. The molecule has 98 valence electrons. The van der Waals surface area contributed by atoms with Crippen molar-refractivity contribution >= 4 is 37.5 Å². The van der Waals surface area contributed by atoms with E-state index in [0.29, 0.717) is 0 Å². The van der Waals surface area contributed by atoms with Crippen LogP contribution in [0.3, 0.4) is 0 Å². The Morgan fingerprint density at radius 1 is 1.00 bits per heavy atom. The summed E-state index contributed by atoms with van der Waals surface area (Å²) in [5.41, 5.74) is 2.72. The predicted octanol–water partition coefficient (Wildman–Crippen LogP) is 5.65. The molecule has 0 bridgehead atoms. The van der Waals surface area contributed by atoms with E-state index in [2.05, 4.69) is 69.6 Å². The quantitative estimate of drug-likeness (QED) is 0.609. The Kier molecular flexibility index (Phi) is 3.35. The molecule has 0 spiro atoms. The smallest absolute Gasteiger partial charge is 0.0992 e. The fourth-order valence-electron chi connectivity index (χ4n) is 1.86. The molecule has 2 rings (SSSR count). The van der Waals surface area contributed by atoms with Gasteiger partial charge in [0.05, 0.1) is 15.2 Å². The van der Waals surface area contributed by atoms with Gasteiger partial charge in [-0.1, -0.05) is 47.6 Å². The Bertz CT molecular complexity index is 585. The summed E-state index contributed by atoms with van der Waals surface area (Å²) in [6, 6.07) is 4.34. The van der Waals surface area contributed by atoms with Gasteiger partial charge in [-0.05, 0) is 33.0 Å². The molecule has 1 aromatic carbocycles. The first-order valence-electron chi connectivity index (χ1n) is 6.21. The lowest BCUT2D eigenvalue weighted by Gasteiger charge is -2.20. The number of benzene rings is 1. The number of thiazole rings is 1. The Hall–Kier alpha value is -0.410. The molecule has 0 saturated heterocycles. The lowest BCUT2D eigenvalue weighted by Crippen LogP contribution is -2.11. The number of nitrogens with zero attached hydrogens (tertiary/aromatic N) is 1. The number of hydrogen-bond acceptors (Lipinski definition) is 2. The summed E-state index contributed by atoms with van der Waals surface area (Å²) in [5, 5.41) is 1.20. The molecule has 0 amide bonds. The highest BCUT2D eigenvalue weighted by atomic mass is 79.9. The van der Waals surface area contributed by atoms with Gasteiger partial charge in [0.15, 0.2) is 0 Å². The number of rotatable bonds is 0. The molecule has 1 nitrogen and oxygen atoms in total. The first-order chi connectivity index (χ1) is 8.10. The van der Waals surface area contributed by atoms with Crippen molar-refractivity contribution in [3.05, 3.63) is 27.2 Å². The van der Waals surface area contributed by atoms with Crippen molar-refractivity contribution in [2.45, 2.75) is 52.4 Å². The monoisotopic (exact) mass is 325 g/mol. The standard InChI is InChI=1S/C15H20BrNS/c1-14(2,3)9-7-8-10-12(11(9)16)18-13(17-10)15(4,5)6/h7-8H,1-6H3. The SMILES string of the molecule is CC(C)(C)c1nc2ccc(C(C)(C)C)c(Br)c2s1. The van der Waals surface area contributed by atoms with Crippen molar-refractivity contribution in [3.8, 4) is 0 Å². The van der Waals surface area contributed by atoms with Crippen LogP contribution in [0.1, 0.15) is 52.1 Å². The predicted molar refractivity (Wildman–Crippen MR) is 84.7 cm³/mol. The van der Waals surface area contributed by atoms with Crippen molar-refractivity contribution in [1.29, 1.82) is 0 Å². The number of hydrogen-bond donors (Lipinski definition) is 0. The van der Waals surface area contributed by atoms with E-state index in [-0.39, 0.29) is 10.8 Å². The van der Waals surface area contributed by atoms with Gasteiger partial charge in [0.1, 0.15) is 0 Å². The molecule has 18 heavy (non-hydrogen) atoms. The zero-order valence-electron chi connectivity index (χ0n) is 11.9. The minimum Gasteiger partial charge on any atom is -0.241 e. The van der Waals surface area contributed by atoms with Crippen molar-refractivity contribution in [1.82, 2.24) is 4.98 Å². The van der Waals surface area contributed by atoms with E-state index < -0.39 is 0 Å². The lowest BCUT2D eigenvalue weighted by atomic mass is 9.87. The number of halogens is 1. The van der Waals surface area contributed by atoms with Gasteiger partial charge in [0, 0.05) is 9.89 Å². The zero-order valence-corrected chi connectivity index (χ0v) is 14.3. The van der Waals surface area contributed by atoms with Gasteiger partial charge in [-0.15, -0.1) is 11.3 Å². The summed E-state index contributed by atoms with van der Waals surface area (Å²) in [4.78, 5) is 4.76. The second-order valence-corrected chi connectivity index (χ2v) is 8.59. The molecule has 0 saturated carbocycles. The average Bonchev–Trinajstić information content (AvgIpc) is 2.59. The van der Waals surface area contributed by atoms with Crippen LogP contribution in [-0.4, -0.2) is 4.98 Å². The highest BCUT2D eigenvalue weighted by Crippen LogP contribution is 2.40. The molecule has 0 N–H and O–H groups in total. The number of fused-ring (bicyclic) bond motifs is 1. The van der Waals surface area contributed by atoms with Crippen LogP contribution in [0, 0.1) is 0 Å². The zero-order chi connectivity index (χ0) is 13.7. The van der Waals surface area contributed by atoms with Gasteiger partial charge in [-0.25, -0.2) is 4.98 Å². The Morgan fingerprint density at radius 3 is 2.11 bits per heavy atom. The van der Waals surface area contributed by atoms with Crippen molar-refractivity contribution in [2.24, 2.45) is 0 Å². The third-order valence-corrected chi connectivity index (χ3v) is 5.55. The molecule has 0 fully saturated rings. The van der Waals surface area contributed by atoms with Gasteiger partial charge in [0.2, 0.25) is 0 Å². The maximum Gasteiger partial charge on any atom is 0.0992 e. The molecule has 0 unspecified atom stereocenters. The first kappa shape index (κ1) is 14.0. The second-order valence-electron chi connectivity index (χ2n) is 6.79. The van der Waals surface area contributed by atoms with Gasteiger partial charge in [0.25, 0.3) is 0 Å². The minimum absolute atomic E-state index is 0.116. The highest BCUT2D eigenvalue weighted by Gasteiger charge is 2.23. The largest absolute Gasteiger partial charge is 0.241 e. The van der Waals surface area contributed by atoms with Crippen molar-refractivity contribution in [2.75, 3.05) is 0 Å². The Morgan fingerprint density at radius 2 is 1.61 bits per heavy atom. The molecule has 0 aliphatic carbocycles. The van der Waals surface area contributed by atoms with Crippen LogP contribution in [-0.2, 0) is 10.8 Å². The molecule has 3 heteroatoms. The normalized spacial score (nSPS) is 13.3. The van der Waals surface area contributed by atoms with E-state index in [4.69, 9.17) is 4.98 Å². The third-order valence-electron chi connectivity index (χ3n) is 2.95. The van der Waals surface area contributed by atoms with Gasteiger partial charge >= 0.3 is 0 Å². The maximum atomic E-state index is 4.76. The lowest BCUT2D eigenvalue weighted by molar-refractivity contribution is 0.586. The summed E-state index contributed by atoms with van der Waals surface area (Å²) in [6.45, 7) is 13.4. The van der Waals surface area contributed by atoms with Gasteiger partial charge < -0.3 is 0 Å². The van der Waals surface area contributed by atoms with Gasteiger partial charge in [-0.3, -0.25) is 0 Å². The van der Waals surface area contributed by atoms with E-state index >= 15 is 0 Å². The van der Waals surface area contributed by atoms with Crippen LogP contribution in [0.2, 0.25) is 0 Å². The van der Waals surface area contributed by atoms with Crippen LogP contribution < -0.4 is 0 Å². The summed E-state index contributed by atoms with van der Waals surface area (Å²) < 4.78 is 2.48. The van der Waals surface area contributed by atoms with Crippen molar-refractivity contribution in [3.63, 3.8) is 0 Å². The van der Waals surface area contributed by atoms with E-state index in [9.17, 15) is 0 Å². The molecule has 0 aliphatic heterocycles. The highest BCUT2D eigenvalue weighted by molar-refractivity contribution is 9.10. The molecule has 1 aromatic heterocycles. The fraction of sp³-hybridized carbons (Fsp3) is 0.533. The first-order valence-corrected chi connectivity index (χ1v) is 7.81. The van der Waals surface area contributed by atoms with E-state index in [1.54, 1.807) is 11.3 Å². The van der Waals surface area contributed by atoms with Crippen LogP contribution in [0.25, 0.3) is 10.2 Å². The molecule has 1 heterocycles. The fourth-order valence-corrected chi connectivity index (χ4v) is 4.09. The summed E-state index contributed by atoms with van der Waals surface area (Å²) in [7, 11) is 0. The van der Waals surface area contributed by atoms with Crippen LogP contribution in [0.5, 0.6) is 0 Å². The summed E-state index contributed by atoms with van der Waals surface area (Å²) in [5.74, 6) is 0. The van der Waals surface area contributed by atoms with Crippen LogP contribution in [0.15, 0.2) is 16.6 Å². The average molecular weight is 326 g/mol. The van der Waals surface area contributed by atoms with Crippen molar-refractivity contribution < 1.29 is 0 Å². The topological polar surface area (TPSA) is 12.9 Å².